The zero-order chi connectivity index (χ0) is 25.7. The predicted molar refractivity (Wildman–Crippen MR) is 156 cm³/mol. The Balaban J connectivity index is 0.00000264. The lowest BCUT2D eigenvalue weighted by molar-refractivity contribution is 0.00578. The van der Waals surface area contributed by atoms with Crippen molar-refractivity contribution in [1.82, 2.24) is 4.57 Å². The molecule has 1 saturated heterocycles. The second kappa shape index (κ2) is 7.37. The highest BCUT2D eigenvalue weighted by Crippen LogP contribution is 2.49. The van der Waals surface area contributed by atoms with Crippen molar-refractivity contribution >= 4 is 34.4 Å². The quantitative estimate of drug-likeness (QED) is 0.239. The molecule has 37 heavy (non-hydrogen) atoms. The number of hydrogen-bond acceptors (Lipinski definition) is 2. The van der Waals surface area contributed by atoms with E-state index in [9.17, 15) is 0 Å². The molecule has 4 aromatic carbocycles. The van der Waals surface area contributed by atoms with E-state index in [1.54, 1.807) is 0 Å². The van der Waals surface area contributed by atoms with E-state index in [-0.39, 0.29) is 18.0 Å². The molecule has 1 aromatic heterocycles. The molecule has 0 radical (unpaired) electrons. The molecule has 186 valence electrons. The average molecular weight is 487 g/mol. The standard InChI is InChI=1S/C33H32BNO2.H2/c1-31(2)27-13-9-7-11-23(27)26-20-22(16-18-28(26)31)35-29-14-10-8-12-24(29)25-17-15-21(19-30(25)35)34-36-32(3,4)33(5,6)37-34;/h7-20H,1-6H3;1H. The number of para-hydroxylation sites is 1. The van der Waals surface area contributed by atoms with Gasteiger partial charge in [0.15, 0.2) is 0 Å². The van der Waals surface area contributed by atoms with Crippen molar-refractivity contribution in [3.63, 3.8) is 0 Å². The molecule has 0 saturated carbocycles. The number of rotatable bonds is 2. The summed E-state index contributed by atoms with van der Waals surface area (Å²) in [7, 11) is -0.395. The van der Waals surface area contributed by atoms with Crippen molar-refractivity contribution in [3.8, 4) is 16.8 Å². The number of fused-ring (bicyclic) bond motifs is 6. The third-order valence-corrected chi connectivity index (χ3v) is 9.05. The highest BCUT2D eigenvalue weighted by molar-refractivity contribution is 6.62. The summed E-state index contributed by atoms with van der Waals surface area (Å²) in [5, 5.41) is 2.48. The molecule has 2 aliphatic rings. The van der Waals surface area contributed by atoms with E-state index >= 15 is 0 Å². The maximum absolute atomic E-state index is 6.41. The second-order valence-electron chi connectivity index (χ2n) is 12.1. The fourth-order valence-corrected chi connectivity index (χ4v) is 6.24. The fourth-order valence-electron chi connectivity index (χ4n) is 6.24. The highest BCUT2D eigenvalue weighted by Gasteiger charge is 2.51. The largest absolute Gasteiger partial charge is 0.494 e. The van der Waals surface area contributed by atoms with Gasteiger partial charge < -0.3 is 13.9 Å². The van der Waals surface area contributed by atoms with Crippen LogP contribution in [0.25, 0.3) is 38.6 Å². The van der Waals surface area contributed by atoms with E-state index in [1.807, 2.05) is 0 Å². The topological polar surface area (TPSA) is 23.4 Å². The predicted octanol–water partition coefficient (Wildman–Crippen LogP) is 7.64. The molecule has 0 bridgehead atoms. The van der Waals surface area contributed by atoms with Gasteiger partial charge in [0.25, 0.3) is 0 Å². The van der Waals surface area contributed by atoms with Gasteiger partial charge in [-0.15, -0.1) is 0 Å². The zero-order valence-corrected chi connectivity index (χ0v) is 22.4. The van der Waals surface area contributed by atoms with Crippen LogP contribution in [-0.2, 0) is 14.7 Å². The monoisotopic (exact) mass is 487 g/mol. The molecule has 7 rings (SSSR count). The summed E-state index contributed by atoms with van der Waals surface area (Å²) in [5.41, 5.74) is 9.27. The lowest BCUT2D eigenvalue weighted by Gasteiger charge is -2.32. The van der Waals surface area contributed by atoms with Gasteiger partial charge in [-0.2, -0.15) is 0 Å². The van der Waals surface area contributed by atoms with E-state index < -0.39 is 7.12 Å². The van der Waals surface area contributed by atoms with Crippen LogP contribution >= 0.6 is 0 Å². The lowest BCUT2D eigenvalue weighted by atomic mass is 9.79. The SMILES string of the molecule is CC1(C)c2ccccc2-c2cc(-n3c4ccccc4c4ccc(B5OC(C)(C)C(C)(C)O5)cc43)ccc21.[HH]. The first-order chi connectivity index (χ1) is 17.6. The van der Waals surface area contributed by atoms with Gasteiger partial charge in [0.05, 0.1) is 22.2 Å². The van der Waals surface area contributed by atoms with Crippen molar-refractivity contribution in [1.29, 1.82) is 0 Å². The van der Waals surface area contributed by atoms with Crippen LogP contribution < -0.4 is 5.46 Å². The maximum Gasteiger partial charge on any atom is 0.494 e. The minimum Gasteiger partial charge on any atom is -0.399 e. The Labute approximate surface area is 220 Å². The molecule has 1 fully saturated rings. The minimum absolute atomic E-state index is 0. The molecule has 1 aliphatic carbocycles. The Morgan fingerprint density at radius 3 is 2.05 bits per heavy atom. The normalized spacial score (nSPS) is 18.9. The Kier molecular flexibility index (Phi) is 4.55. The summed E-state index contributed by atoms with van der Waals surface area (Å²) >= 11 is 0. The van der Waals surface area contributed by atoms with Gasteiger partial charge in [-0.05, 0) is 79.7 Å². The maximum atomic E-state index is 6.41. The Hall–Kier alpha value is -3.34. The van der Waals surface area contributed by atoms with Gasteiger partial charge >= 0.3 is 7.12 Å². The Morgan fingerprint density at radius 1 is 0.622 bits per heavy atom. The number of benzene rings is 4. The molecule has 2 heterocycles. The van der Waals surface area contributed by atoms with Gasteiger partial charge in [-0.25, -0.2) is 0 Å². The van der Waals surface area contributed by atoms with Gasteiger partial charge in [-0.3, -0.25) is 0 Å². The van der Waals surface area contributed by atoms with Crippen LogP contribution in [0.2, 0.25) is 0 Å². The van der Waals surface area contributed by atoms with Crippen LogP contribution in [-0.4, -0.2) is 22.9 Å². The van der Waals surface area contributed by atoms with Crippen LogP contribution in [0.5, 0.6) is 0 Å². The van der Waals surface area contributed by atoms with Gasteiger partial charge in [0, 0.05) is 23.3 Å². The third-order valence-electron chi connectivity index (χ3n) is 9.05. The summed E-state index contributed by atoms with van der Waals surface area (Å²) in [5.74, 6) is 0. The average Bonchev–Trinajstić information content (AvgIpc) is 3.41. The van der Waals surface area contributed by atoms with Crippen LogP contribution in [0.3, 0.4) is 0 Å². The van der Waals surface area contributed by atoms with Crippen molar-refractivity contribution in [2.45, 2.75) is 58.2 Å². The summed E-state index contributed by atoms with van der Waals surface area (Å²) in [4.78, 5) is 0. The highest BCUT2D eigenvalue weighted by atomic mass is 16.7. The summed E-state index contributed by atoms with van der Waals surface area (Å²) < 4.78 is 15.2. The van der Waals surface area contributed by atoms with Crippen molar-refractivity contribution in [3.05, 3.63) is 96.1 Å². The molecule has 5 aromatic rings. The first-order valence-electron chi connectivity index (χ1n) is 13.2. The smallest absolute Gasteiger partial charge is 0.399 e. The fraction of sp³-hybridized carbons (Fsp3) is 0.273. The third kappa shape index (κ3) is 3.09. The van der Waals surface area contributed by atoms with Crippen molar-refractivity contribution < 1.29 is 10.7 Å². The first kappa shape index (κ1) is 22.8. The van der Waals surface area contributed by atoms with E-state index in [2.05, 4.69) is 131 Å². The molecule has 0 spiro atoms. The van der Waals surface area contributed by atoms with Gasteiger partial charge in [0.1, 0.15) is 0 Å². The minimum atomic E-state index is -0.395. The molecular formula is C33H34BNO2. The van der Waals surface area contributed by atoms with E-state index in [4.69, 9.17) is 9.31 Å². The van der Waals surface area contributed by atoms with Crippen molar-refractivity contribution in [2.75, 3.05) is 0 Å². The molecule has 1 aliphatic heterocycles. The second-order valence-corrected chi connectivity index (χ2v) is 12.1. The molecule has 0 N–H and O–H groups in total. The van der Waals surface area contributed by atoms with Crippen LogP contribution in [0.15, 0.2) is 84.9 Å². The molecule has 4 heteroatoms. The van der Waals surface area contributed by atoms with Crippen LogP contribution in [0.4, 0.5) is 0 Å². The number of nitrogens with zero attached hydrogens (tertiary/aromatic N) is 1. The Bertz CT molecular complexity index is 1720. The van der Waals surface area contributed by atoms with Crippen molar-refractivity contribution in [2.24, 2.45) is 0 Å². The molecule has 0 amide bonds. The van der Waals surface area contributed by atoms with E-state index in [1.165, 1.54) is 49.7 Å². The number of hydrogen-bond donors (Lipinski definition) is 0. The van der Waals surface area contributed by atoms with Crippen LogP contribution in [0, 0.1) is 0 Å². The van der Waals surface area contributed by atoms with Gasteiger partial charge in [0.2, 0.25) is 0 Å². The first-order valence-corrected chi connectivity index (χ1v) is 13.2. The molecule has 0 atom stereocenters. The number of aromatic nitrogens is 1. The molecular weight excluding hydrogens is 453 g/mol. The molecule has 0 unspecified atom stereocenters. The molecule has 3 nitrogen and oxygen atoms in total. The van der Waals surface area contributed by atoms with Crippen LogP contribution in [0.1, 0.15) is 54.1 Å². The van der Waals surface area contributed by atoms with Gasteiger partial charge in [-0.1, -0.05) is 74.5 Å². The summed E-state index contributed by atoms with van der Waals surface area (Å²) in [6, 6.07) is 31.1. The summed E-state index contributed by atoms with van der Waals surface area (Å²) in [6.45, 7) is 13.1. The van der Waals surface area contributed by atoms with E-state index in [0.29, 0.717) is 0 Å². The van der Waals surface area contributed by atoms with E-state index in [0.717, 1.165) is 5.46 Å². The summed E-state index contributed by atoms with van der Waals surface area (Å²) in [6.07, 6.45) is 0. The lowest BCUT2D eigenvalue weighted by Crippen LogP contribution is -2.41. The Morgan fingerprint density at radius 2 is 1.27 bits per heavy atom. The zero-order valence-electron chi connectivity index (χ0n) is 22.4.